The highest BCUT2D eigenvalue weighted by molar-refractivity contribution is 14.1. The van der Waals surface area contributed by atoms with E-state index in [4.69, 9.17) is 4.74 Å². The van der Waals surface area contributed by atoms with Gasteiger partial charge in [-0.3, -0.25) is 0 Å². The summed E-state index contributed by atoms with van der Waals surface area (Å²) in [5, 5.41) is 10.3. The van der Waals surface area contributed by atoms with Crippen LogP contribution in [-0.4, -0.2) is 12.2 Å². The molecule has 0 saturated heterocycles. The molecule has 0 aliphatic heterocycles. The lowest BCUT2D eigenvalue weighted by Gasteiger charge is -2.15. The van der Waals surface area contributed by atoms with Gasteiger partial charge in [-0.2, -0.15) is 0 Å². The van der Waals surface area contributed by atoms with Crippen molar-refractivity contribution in [3.63, 3.8) is 0 Å². The van der Waals surface area contributed by atoms with Crippen molar-refractivity contribution in [3.05, 3.63) is 61.6 Å². The van der Waals surface area contributed by atoms with Crippen LogP contribution in [0.25, 0.3) is 0 Å². The summed E-state index contributed by atoms with van der Waals surface area (Å²) in [7, 11) is 1.61. The molecule has 0 fully saturated rings. The van der Waals surface area contributed by atoms with Crippen LogP contribution in [0.3, 0.4) is 0 Å². The standard InChI is InChI=1S/C15H14BrIO2/c1-19-15-9-11(16)4-7-13(15)14(18)8-10-2-5-12(17)6-3-10/h2-7,9,14,18H,8H2,1H3. The van der Waals surface area contributed by atoms with Gasteiger partial charge < -0.3 is 9.84 Å². The Balaban J connectivity index is 2.19. The van der Waals surface area contributed by atoms with E-state index in [1.54, 1.807) is 7.11 Å². The van der Waals surface area contributed by atoms with Gasteiger partial charge in [0.05, 0.1) is 13.2 Å². The number of hydrogen-bond donors (Lipinski definition) is 1. The maximum absolute atomic E-state index is 10.3. The first-order chi connectivity index (χ1) is 9.10. The second-order valence-corrected chi connectivity index (χ2v) is 6.39. The van der Waals surface area contributed by atoms with Gasteiger partial charge in [-0.1, -0.05) is 34.1 Å². The SMILES string of the molecule is COc1cc(Br)ccc1C(O)Cc1ccc(I)cc1. The number of aliphatic hydroxyl groups excluding tert-OH is 1. The largest absolute Gasteiger partial charge is 0.496 e. The van der Waals surface area contributed by atoms with Crippen molar-refractivity contribution >= 4 is 38.5 Å². The highest BCUT2D eigenvalue weighted by Gasteiger charge is 2.14. The van der Waals surface area contributed by atoms with Crippen LogP contribution in [0.2, 0.25) is 0 Å². The van der Waals surface area contributed by atoms with Gasteiger partial charge in [-0.15, -0.1) is 0 Å². The molecule has 2 aromatic rings. The van der Waals surface area contributed by atoms with Gasteiger partial charge in [0.1, 0.15) is 5.75 Å². The Labute approximate surface area is 135 Å². The van der Waals surface area contributed by atoms with Gasteiger partial charge in [-0.25, -0.2) is 0 Å². The molecule has 2 aromatic carbocycles. The summed E-state index contributed by atoms with van der Waals surface area (Å²) in [6.45, 7) is 0. The number of hydrogen-bond acceptors (Lipinski definition) is 2. The molecular formula is C15H14BrIO2. The number of aliphatic hydroxyl groups is 1. The zero-order valence-electron chi connectivity index (χ0n) is 10.4. The van der Waals surface area contributed by atoms with Crippen molar-refractivity contribution in [3.8, 4) is 5.75 Å². The first-order valence-electron chi connectivity index (χ1n) is 5.86. The quantitative estimate of drug-likeness (QED) is 0.728. The van der Waals surface area contributed by atoms with E-state index >= 15 is 0 Å². The van der Waals surface area contributed by atoms with E-state index in [0.717, 1.165) is 15.6 Å². The Bertz CT molecular complexity index is 555. The third-order valence-corrected chi connectivity index (χ3v) is 4.11. The molecule has 19 heavy (non-hydrogen) atoms. The molecule has 0 aliphatic carbocycles. The first kappa shape index (κ1) is 14.8. The highest BCUT2D eigenvalue weighted by Crippen LogP contribution is 2.30. The fourth-order valence-electron chi connectivity index (χ4n) is 1.91. The van der Waals surface area contributed by atoms with Crippen LogP contribution in [0.1, 0.15) is 17.2 Å². The van der Waals surface area contributed by atoms with Crippen LogP contribution in [0.5, 0.6) is 5.75 Å². The number of methoxy groups -OCH3 is 1. The molecule has 0 amide bonds. The fraction of sp³-hybridized carbons (Fsp3) is 0.200. The molecule has 2 nitrogen and oxygen atoms in total. The molecule has 1 unspecified atom stereocenters. The van der Waals surface area contributed by atoms with E-state index in [2.05, 4.69) is 38.5 Å². The van der Waals surface area contributed by atoms with Gasteiger partial charge >= 0.3 is 0 Å². The summed E-state index contributed by atoms with van der Waals surface area (Å²) in [5.74, 6) is 0.701. The van der Waals surface area contributed by atoms with Crippen LogP contribution in [-0.2, 0) is 6.42 Å². The summed E-state index contributed by atoms with van der Waals surface area (Å²) in [6.07, 6.45) is 0.0117. The molecule has 0 heterocycles. The Morgan fingerprint density at radius 3 is 2.53 bits per heavy atom. The molecule has 0 aliphatic rings. The lowest BCUT2D eigenvalue weighted by atomic mass is 10.0. The van der Waals surface area contributed by atoms with Crippen molar-refractivity contribution in [1.29, 1.82) is 0 Å². The highest BCUT2D eigenvalue weighted by atomic mass is 127. The maximum atomic E-state index is 10.3. The second-order valence-electron chi connectivity index (χ2n) is 4.23. The summed E-state index contributed by atoms with van der Waals surface area (Å²) in [5.41, 5.74) is 1.92. The summed E-state index contributed by atoms with van der Waals surface area (Å²) >= 11 is 5.67. The van der Waals surface area contributed by atoms with E-state index in [1.165, 1.54) is 3.57 Å². The average Bonchev–Trinajstić information content (AvgIpc) is 2.41. The molecule has 0 saturated carbocycles. The van der Waals surface area contributed by atoms with Crippen molar-refractivity contribution < 1.29 is 9.84 Å². The predicted molar refractivity (Wildman–Crippen MR) is 88.5 cm³/mol. The van der Waals surface area contributed by atoms with Gasteiger partial charge in [0.25, 0.3) is 0 Å². The molecule has 2 rings (SSSR count). The normalized spacial score (nSPS) is 12.2. The first-order valence-corrected chi connectivity index (χ1v) is 7.73. The molecule has 0 bridgehead atoms. The molecule has 1 atom stereocenters. The van der Waals surface area contributed by atoms with Crippen molar-refractivity contribution in [1.82, 2.24) is 0 Å². The van der Waals surface area contributed by atoms with Crippen LogP contribution in [0, 0.1) is 3.57 Å². The third-order valence-electron chi connectivity index (χ3n) is 2.90. The number of rotatable bonds is 4. The molecule has 1 N–H and O–H groups in total. The Kier molecular flexibility index (Phi) is 5.24. The lowest BCUT2D eigenvalue weighted by Crippen LogP contribution is -2.04. The topological polar surface area (TPSA) is 29.5 Å². The van der Waals surface area contributed by atoms with Crippen molar-refractivity contribution in [2.24, 2.45) is 0 Å². The minimum atomic E-state index is -0.567. The Morgan fingerprint density at radius 2 is 1.89 bits per heavy atom. The average molecular weight is 433 g/mol. The zero-order valence-corrected chi connectivity index (χ0v) is 14.2. The molecule has 0 aromatic heterocycles. The van der Waals surface area contributed by atoms with E-state index in [1.807, 2.05) is 42.5 Å². The zero-order chi connectivity index (χ0) is 13.8. The van der Waals surface area contributed by atoms with Gasteiger partial charge in [0, 0.05) is 20.0 Å². The smallest absolute Gasteiger partial charge is 0.125 e. The minimum absolute atomic E-state index is 0.567. The van der Waals surface area contributed by atoms with Gasteiger partial charge in [0.15, 0.2) is 0 Å². The fourth-order valence-corrected chi connectivity index (χ4v) is 2.61. The lowest BCUT2D eigenvalue weighted by molar-refractivity contribution is 0.174. The number of halogens is 2. The molecule has 0 radical (unpaired) electrons. The maximum Gasteiger partial charge on any atom is 0.125 e. The monoisotopic (exact) mass is 432 g/mol. The number of benzene rings is 2. The Hall–Kier alpha value is -0.590. The van der Waals surface area contributed by atoms with E-state index < -0.39 is 6.10 Å². The second kappa shape index (κ2) is 6.72. The number of ether oxygens (including phenoxy) is 1. The van der Waals surface area contributed by atoms with E-state index in [-0.39, 0.29) is 0 Å². The predicted octanol–water partition coefficient (Wildman–Crippen LogP) is 4.34. The Morgan fingerprint density at radius 1 is 1.21 bits per heavy atom. The van der Waals surface area contributed by atoms with Crippen molar-refractivity contribution in [2.75, 3.05) is 7.11 Å². The van der Waals surface area contributed by atoms with E-state index in [0.29, 0.717) is 12.2 Å². The summed E-state index contributed by atoms with van der Waals surface area (Å²) in [4.78, 5) is 0. The van der Waals surface area contributed by atoms with Crippen LogP contribution in [0.15, 0.2) is 46.9 Å². The van der Waals surface area contributed by atoms with Gasteiger partial charge in [-0.05, 0) is 52.4 Å². The minimum Gasteiger partial charge on any atom is -0.496 e. The molecule has 100 valence electrons. The van der Waals surface area contributed by atoms with Crippen molar-refractivity contribution in [2.45, 2.75) is 12.5 Å². The third kappa shape index (κ3) is 3.94. The summed E-state index contributed by atoms with van der Waals surface area (Å²) in [6, 6.07) is 13.8. The molecule has 0 spiro atoms. The summed E-state index contributed by atoms with van der Waals surface area (Å²) < 4.78 is 7.44. The van der Waals surface area contributed by atoms with Crippen LogP contribution >= 0.6 is 38.5 Å². The van der Waals surface area contributed by atoms with Gasteiger partial charge in [0.2, 0.25) is 0 Å². The van der Waals surface area contributed by atoms with E-state index in [9.17, 15) is 5.11 Å². The van der Waals surface area contributed by atoms with Crippen LogP contribution in [0.4, 0.5) is 0 Å². The van der Waals surface area contributed by atoms with Crippen LogP contribution < -0.4 is 4.74 Å². The molecular weight excluding hydrogens is 419 g/mol. The molecule has 4 heteroatoms.